The fourth-order valence-electron chi connectivity index (χ4n) is 2.79. The van der Waals surface area contributed by atoms with E-state index in [9.17, 15) is 26.4 Å². The minimum absolute atomic E-state index is 0.0316. The van der Waals surface area contributed by atoms with Crippen molar-refractivity contribution >= 4 is 43.1 Å². The van der Waals surface area contributed by atoms with Gasteiger partial charge in [0.05, 0.1) is 11.5 Å². The highest BCUT2D eigenvalue weighted by atomic mass is 32.2. The third kappa shape index (κ3) is 6.54. The van der Waals surface area contributed by atoms with Gasteiger partial charge in [0.1, 0.15) is 10.8 Å². The van der Waals surface area contributed by atoms with Gasteiger partial charge in [-0.05, 0) is 23.8 Å². The number of nitrogens with zero attached hydrogens (tertiary/aromatic N) is 1. The molecule has 0 saturated carbocycles. The molecule has 1 fully saturated rings. The maximum atomic E-state index is 12.5. The van der Waals surface area contributed by atoms with Crippen LogP contribution < -0.4 is 4.72 Å². The first kappa shape index (κ1) is 22.8. The number of thiophene rings is 1. The molecular weight excluding hydrogens is 428 g/mol. The fourth-order valence-corrected chi connectivity index (χ4v) is 6.52. The lowest BCUT2D eigenvalue weighted by Crippen LogP contribution is -2.45. The van der Waals surface area contributed by atoms with E-state index in [1.165, 1.54) is 11.0 Å². The first-order valence-electron chi connectivity index (χ1n) is 8.69. The van der Waals surface area contributed by atoms with Gasteiger partial charge in [0.15, 0.2) is 16.4 Å². The Morgan fingerprint density at radius 1 is 1.39 bits per heavy atom. The smallest absolute Gasteiger partial charge is 0.321 e. The van der Waals surface area contributed by atoms with Crippen molar-refractivity contribution in [2.24, 2.45) is 5.92 Å². The van der Waals surface area contributed by atoms with E-state index in [0.717, 1.165) is 11.3 Å². The molecule has 28 heavy (non-hydrogen) atoms. The molecule has 1 aliphatic rings. The number of sulfonamides is 1. The lowest BCUT2D eigenvalue weighted by molar-refractivity contribution is -0.152. The number of hydrogen-bond acceptors (Lipinski definition) is 8. The van der Waals surface area contributed by atoms with E-state index < -0.39 is 50.9 Å². The van der Waals surface area contributed by atoms with E-state index in [-0.39, 0.29) is 21.6 Å². The van der Waals surface area contributed by atoms with Crippen LogP contribution in [0.3, 0.4) is 0 Å². The molecule has 9 nitrogen and oxygen atoms in total. The Balaban J connectivity index is 1.88. The Kier molecular flexibility index (Phi) is 7.59. The van der Waals surface area contributed by atoms with Crippen LogP contribution in [0.25, 0.3) is 0 Å². The molecule has 2 rings (SSSR count). The Bertz CT molecular complexity index is 893. The zero-order valence-corrected chi connectivity index (χ0v) is 18.1. The average molecular weight is 453 g/mol. The van der Waals surface area contributed by atoms with Crippen molar-refractivity contribution in [3.05, 3.63) is 17.5 Å². The van der Waals surface area contributed by atoms with E-state index in [1.807, 2.05) is 13.8 Å². The summed E-state index contributed by atoms with van der Waals surface area (Å²) in [7, 11) is -6.97. The third-order valence-electron chi connectivity index (χ3n) is 4.05. The summed E-state index contributed by atoms with van der Waals surface area (Å²) in [5.74, 6) is -1.34. The monoisotopic (exact) mass is 452 g/mol. The average Bonchev–Trinajstić information content (AvgIpc) is 3.25. The first-order chi connectivity index (χ1) is 13.0. The second-order valence-electron chi connectivity index (χ2n) is 6.91. The molecule has 1 unspecified atom stereocenters. The zero-order valence-electron chi connectivity index (χ0n) is 15.7. The predicted molar refractivity (Wildman–Crippen MR) is 104 cm³/mol. The first-order valence-corrected chi connectivity index (χ1v) is 12.9. The van der Waals surface area contributed by atoms with E-state index >= 15 is 0 Å². The third-order valence-corrected chi connectivity index (χ3v) is 8.60. The van der Waals surface area contributed by atoms with E-state index in [1.54, 1.807) is 11.4 Å². The summed E-state index contributed by atoms with van der Waals surface area (Å²) in [5, 5.41) is 1.60. The normalized spacial score (nSPS) is 18.9. The van der Waals surface area contributed by atoms with Crippen molar-refractivity contribution in [3.63, 3.8) is 0 Å². The molecule has 0 spiro atoms. The number of amides is 1. The van der Waals surface area contributed by atoms with Crippen LogP contribution in [0.2, 0.25) is 0 Å². The molecule has 1 atom stereocenters. The molecule has 0 aliphatic carbocycles. The second kappa shape index (κ2) is 9.33. The van der Waals surface area contributed by atoms with Gasteiger partial charge in [0.2, 0.25) is 0 Å². The van der Waals surface area contributed by atoms with E-state index in [0.29, 0.717) is 13.0 Å². The largest absolute Gasteiger partial charge is 0.455 e. The van der Waals surface area contributed by atoms with Gasteiger partial charge < -0.3 is 9.64 Å². The van der Waals surface area contributed by atoms with Crippen LogP contribution in [-0.2, 0) is 34.2 Å². The molecule has 0 radical (unpaired) electrons. The molecular formula is C16H24N2O7S3. The van der Waals surface area contributed by atoms with Gasteiger partial charge >= 0.3 is 5.97 Å². The lowest BCUT2D eigenvalue weighted by Gasteiger charge is -2.29. The lowest BCUT2D eigenvalue weighted by atomic mass is 10.1. The molecule has 158 valence electrons. The molecule has 1 N–H and O–H groups in total. The predicted octanol–water partition coefficient (Wildman–Crippen LogP) is 0.241. The van der Waals surface area contributed by atoms with Crippen LogP contribution in [0.15, 0.2) is 21.7 Å². The van der Waals surface area contributed by atoms with Crippen LogP contribution in [0.5, 0.6) is 0 Å². The molecule has 1 saturated heterocycles. The van der Waals surface area contributed by atoms with E-state index in [4.69, 9.17) is 4.74 Å². The molecule has 0 bridgehead atoms. The number of hydrogen-bond donors (Lipinski definition) is 1. The summed E-state index contributed by atoms with van der Waals surface area (Å²) >= 11 is 1.01. The van der Waals surface area contributed by atoms with Crippen LogP contribution in [-0.4, -0.2) is 70.9 Å². The Hall–Kier alpha value is -1.50. The fraction of sp³-hybridized carbons (Fsp3) is 0.625. The number of carbonyl (C=O) groups is 2. The second-order valence-corrected chi connectivity index (χ2v) is 12.1. The van der Waals surface area contributed by atoms with Crippen LogP contribution in [0.1, 0.15) is 20.3 Å². The van der Waals surface area contributed by atoms with Crippen molar-refractivity contribution in [2.75, 3.05) is 31.2 Å². The van der Waals surface area contributed by atoms with Crippen molar-refractivity contribution in [2.45, 2.75) is 30.5 Å². The highest BCUT2D eigenvalue weighted by molar-refractivity contribution is 7.91. The number of sulfone groups is 1. The van der Waals surface area contributed by atoms with Crippen LogP contribution in [0.4, 0.5) is 0 Å². The van der Waals surface area contributed by atoms with Crippen molar-refractivity contribution in [1.82, 2.24) is 9.62 Å². The summed E-state index contributed by atoms with van der Waals surface area (Å²) in [6, 6.07) is 2.54. The minimum Gasteiger partial charge on any atom is -0.455 e. The van der Waals surface area contributed by atoms with Gasteiger partial charge in [-0.25, -0.2) is 16.8 Å². The molecule has 1 amide bonds. The SMILES string of the molecule is CC(C)CN(C(=O)COC(=O)CNS(=O)(=O)c1cccs1)C1CCS(=O)(=O)C1. The maximum Gasteiger partial charge on any atom is 0.321 e. The van der Waals surface area contributed by atoms with Crippen LogP contribution in [0, 0.1) is 5.92 Å². The molecule has 0 aromatic carbocycles. The summed E-state index contributed by atoms with van der Waals surface area (Å²) in [5.41, 5.74) is 0. The van der Waals surface area contributed by atoms with Gasteiger partial charge in [-0.1, -0.05) is 19.9 Å². The zero-order chi connectivity index (χ0) is 20.9. The molecule has 1 aromatic heterocycles. The van der Waals surface area contributed by atoms with Crippen LogP contribution >= 0.6 is 11.3 Å². The van der Waals surface area contributed by atoms with Gasteiger partial charge in [0.25, 0.3) is 15.9 Å². The highest BCUT2D eigenvalue weighted by Crippen LogP contribution is 2.19. The summed E-state index contributed by atoms with van der Waals surface area (Å²) in [6.45, 7) is 2.98. The molecule has 2 heterocycles. The number of carbonyl (C=O) groups excluding carboxylic acids is 2. The van der Waals surface area contributed by atoms with E-state index in [2.05, 4.69) is 4.72 Å². The quantitative estimate of drug-likeness (QED) is 0.532. The number of ether oxygens (including phenoxy) is 1. The Morgan fingerprint density at radius 2 is 2.11 bits per heavy atom. The number of nitrogens with one attached hydrogen (secondary N) is 1. The molecule has 12 heteroatoms. The van der Waals surface area contributed by atoms with Gasteiger partial charge in [-0.15, -0.1) is 11.3 Å². The molecule has 1 aromatic rings. The molecule has 1 aliphatic heterocycles. The van der Waals surface area contributed by atoms with Crippen molar-refractivity contribution < 1.29 is 31.2 Å². The number of rotatable bonds is 9. The minimum atomic E-state index is -3.80. The maximum absolute atomic E-state index is 12.5. The highest BCUT2D eigenvalue weighted by Gasteiger charge is 2.35. The number of esters is 1. The summed E-state index contributed by atoms with van der Waals surface area (Å²) in [6.07, 6.45) is 0.357. The van der Waals surface area contributed by atoms with Gasteiger partial charge in [0, 0.05) is 12.6 Å². The Labute approximate surface area is 169 Å². The Morgan fingerprint density at radius 3 is 2.64 bits per heavy atom. The van der Waals surface area contributed by atoms with Gasteiger partial charge in [-0.2, -0.15) is 4.72 Å². The van der Waals surface area contributed by atoms with Crippen molar-refractivity contribution in [1.29, 1.82) is 0 Å². The van der Waals surface area contributed by atoms with Crippen molar-refractivity contribution in [3.8, 4) is 0 Å². The van der Waals surface area contributed by atoms with Gasteiger partial charge in [-0.3, -0.25) is 9.59 Å². The topological polar surface area (TPSA) is 127 Å². The standard InChI is InChI=1S/C16H24N2O7S3/c1-12(2)9-18(13-5-7-27(21,22)11-13)14(19)10-25-15(20)8-17-28(23,24)16-4-3-6-26-16/h3-4,6,12-13,17H,5,7-11H2,1-2H3. The summed E-state index contributed by atoms with van der Waals surface area (Å²) in [4.78, 5) is 25.7. The summed E-state index contributed by atoms with van der Waals surface area (Å²) < 4.78 is 54.4.